The summed E-state index contributed by atoms with van der Waals surface area (Å²) in [4.78, 5) is 12.2. The normalized spacial score (nSPS) is 15.4. The highest BCUT2D eigenvalue weighted by molar-refractivity contribution is 6.28. The minimum Gasteiger partial charge on any atom is -0.351 e. The van der Waals surface area contributed by atoms with Crippen LogP contribution in [0.1, 0.15) is 32.1 Å². The molecule has 0 amide bonds. The van der Waals surface area contributed by atoms with Gasteiger partial charge < -0.3 is 10.6 Å². The van der Waals surface area contributed by atoms with Crippen LogP contribution in [0.3, 0.4) is 0 Å². The molecule has 0 radical (unpaired) electrons. The number of aromatic nitrogens is 3. The molecule has 0 unspecified atom stereocenters. The van der Waals surface area contributed by atoms with Crippen molar-refractivity contribution in [2.24, 2.45) is 0 Å². The molecule has 122 valence electrons. The Morgan fingerprint density at radius 3 is 2.26 bits per heavy atom. The summed E-state index contributed by atoms with van der Waals surface area (Å²) in [7, 11) is 0. The zero-order chi connectivity index (χ0) is 16.2. The molecule has 0 spiro atoms. The lowest BCUT2D eigenvalue weighted by molar-refractivity contribution is 0.461. The van der Waals surface area contributed by atoms with E-state index in [4.69, 9.17) is 11.6 Å². The van der Waals surface area contributed by atoms with E-state index in [-0.39, 0.29) is 16.9 Å². The molecule has 5 nitrogen and oxygen atoms in total. The lowest BCUT2D eigenvalue weighted by Crippen LogP contribution is -2.23. The van der Waals surface area contributed by atoms with Gasteiger partial charge >= 0.3 is 0 Å². The van der Waals surface area contributed by atoms with Gasteiger partial charge in [-0.05, 0) is 36.6 Å². The molecule has 3 rings (SSSR count). The quantitative estimate of drug-likeness (QED) is 0.870. The molecule has 2 N–H and O–H groups in total. The summed E-state index contributed by atoms with van der Waals surface area (Å²) in [5.41, 5.74) is 0.202. The van der Waals surface area contributed by atoms with Crippen LogP contribution < -0.4 is 10.6 Å². The summed E-state index contributed by atoms with van der Waals surface area (Å²) in [6, 6.07) is 3.40. The molecular weight excluding hydrogens is 324 g/mol. The van der Waals surface area contributed by atoms with Crippen LogP contribution in [0.15, 0.2) is 18.2 Å². The lowest BCUT2D eigenvalue weighted by Gasteiger charge is -2.22. The van der Waals surface area contributed by atoms with Crippen LogP contribution >= 0.6 is 11.6 Å². The first-order valence-corrected chi connectivity index (χ1v) is 7.87. The molecule has 1 aromatic heterocycles. The van der Waals surface area contributed by atoms with Gasteiger partial charge in [0, 0.05) is 17.8 Å². The van der Waals surface area contributed by atoms with Gasteiger partial charge in [0.2, 0.25) is 17.2 Å². The first-order chi connectivity index (χ1) is 11.1. The van der Waals surface area contributed by atoms with Crippen molar-refractivity contribution in [2.45, 2.75) is 38.1 Å². The second-order valence-electron chi connectivity index (χ2n) is 5.51. The number of nitrogens with zero attached hydrogens (tertiary/aromatic N) is 3. The first-order valence-electron chi connectivity index (χ1n) is 7.50. The van der Waals surface area contributed by atoms with Crippen molar-refractivity contribution >= 4 is 29.2 Å². The Morgan fingerprint density at radius 1 is 0.913 bits per heavy atom. The molecule has 0 aliphatic heterocycles. The topological polar surface area (TPSA) is 62.7 Å². The summed E-state index contributed by atoms with van der Waals surface area (Å²) in [5.74, 6) is -0.883. The molecule has 0 bridgehead atoms. The second kappa shape index (κ2) is 7.04. The van der Waals surface area contributed by atoms with Gasteiger partial charge in [0.1, 0.15) is 11.6 Å². The predicted molar refractivity (Wildman–Crippen MR) is 85.0 cm³/mol. The van der Waals surface area contributed by atoms with Gasteiger partial charge in [-0.2, -0.15) is 15.0 Å². The number of rotatable bonds is 4. The van der Waals surface area contributed by atoms with Crippen molar-refractivity contribution in [1.82, 2.24) is 15.0 Å². The maximum atomic E-state index is 13.2. The van der Waals surface area contributed by atoms with Crippen LogP contribution in [0.5, 0.6) is 0 Å². The molecule has 1 fully saturated rings. The molecule has 1 aliphatic carbocycles. The van der Waals surface area contributed by atoms with Crippen molar-refractivity contribution in [3.05, 3.63) is 35.1 Å². The van der Waals surface area contributed by atoms with Crippen LogP contribution in [-0.2, 0) is 0 Å². The van der Waals surface area contributed by atoms with Gasteiger partial charge in [-0.3, -0.25) is 0 Å². The average molecular weight is 340 g/mol. The lowest BCUT2D eigenvalue weighted by atomic mass is 9.96. The Morgan fingerprint density at radius 2 is 1.57 bits per heavy atom. The fraction of sp³-hybridized carbons (Fsp3) is 0.400. The molecular formula is C15H16ClF2N5. The monoisotopic (exact) mass is 339 g/mol. The van der Waals surface area contributed by atoms with Crippen LogP contribution in [0.2, 0.25) is 5.28 Å². The summed E-state index contributed by atoms with van der Waals surface area (Å²) < 4.78 is 26.5. The van der Waals surface area contributed by atoms with Crippen molar-refractivity contribution < 1.29 is 8.78 Å². The molecule has 1 aromatic carbocycles. The van der Waals surface area contributed by atoms with Gasteiger partial charge in [0.25, 0.3) is 0 Å². The molecule has 0 saturated heterocycles. The molecule has 8 heteroatoms. The van der Waals surface area contributed by atoms with Crippen LogP contribution in [0, 0.1) is 11.6 Å². The zero-order valence-corrected chi connectivity index (χ0v) is 13.1. The summed E-state index contributed by atoms with van der Waals surface area (Å²) in [5, 5.41) is 5.98. The van der Waals surface area contributed by atoms with Gasteiger partial charge in [-0.1, -0.05) is 19.3 Å². The number of anilines is 3. The van der Waals surface area contributed by atoms with Crippen molar-refractivity contribution in [1.29, 1.82) is 0 Å². The third-order valence-corrected chi connectivity index (χ3v) is 3.83. The minimum atomic E-state index is -0.687. The van der Waals surface area contributed by atoms with E-state index < -0.39 is 11.6 Å². The van der Waals surface area contributed by atoms with Gasteiger partial charge in [-0.15, -0.1) is 0 Å². The van der Waals surface area contributed by atoms with E-state index in [9.17, 15) is 8.78 Å². The third kappa shape index (κ3) is 4.48. The molecule has 2 aromatic rings. The van der Waals surface area contributed by atoms with Crippen LogP contribution in [0.25, 0.3) is 0 Å². The van der Waals surface area contributed by atoms with Crippen molar-refractivity contribution in [2.75, 3.05) is 10.6 Å². The Labute approximate surface area is 137 Å². The Hall–Kier alpha value is -2.02. The summed E-state index contributed by atoms with van der Waals surface area (Å²) in [6.45, 7) is 0. The van der Waals surface area contributed by atoms with Crippen LogP contribution in [-0.4, -0.2) is 21.0 Å². The third-order valence-electron chi connectivity index (χ3n) is 3.67. The minimum absolute atomic E-state index is 0.0117. The van der Waals surface area contributed by atoms with E-state index in [1.54, 1.807) is 0 Å². The van der Waals surface area contributed by atoms with E-state index in [0.29, 0.717) is 12.0 Å². The van der Waals surface area contributed by atoms with Gasteiger partial charge in [0.15, 0.2) is 0 Å². The maximum absolute atomic E-state index is 13.2. The van der Waals surface area contributed by atoms with E-state index >= 15 is 0 Å². The highest BCUT2D eigenvalue weighted by Gasteiger charge is 2.15. The first kappa shape index (κ1) is 15.9. The SMILES string of the molecule is Fc1cc(F)cc(Nc2nc(Cl)nc(NC3CCCCC3)n2)c1. The maximum Gasteiger partial charge on any atom is 0.233 e. The number of hydrogen-bond donors (Lipinski definition) is 2. The standard InChI is InChI=1S/C15H16ClF2N5/c16-13-21-14(19-11-4-2-1-3-5-11)23-15(22-13)20-12-7-9(17)6-10(18)8-12/h6-8,11H,1-5H2,(H2,19,20,21,22,23). The Kier molecular flexibility index (Phi) is 4.85. The summed E-state index contributed by atoms with van der Waals surface area (Å²) >= 11 is 5.91. The van der Waals surface area contributed by atoms with Gasteiger partial charge in [-0.25, -0.2) is 8.78 Å². The molecule has 1 saturated carbocycles. The fourth-order valence-electron chi connectivity index (χ4n) is 2.66. The highest BCUT2D eigenvalue weighted by atomic mass is 35.5. The highest BCUT2D eigenvalue weighted by Crippen LogP contribution is 2.22. The van der Waals surface area contributed by atoms with E-state index in [1.165, 1.54) is 19.3 Å². The molecule has 1 heterocycles. The zero-order valence-electron chi connectivity index (χ0n) is 12.3. The van der Waals surface area contributed by atoms with Crippen molar-refractivity contribution in [3.63, 3.8) is 0 Å². The number of benzene rings is 1. The largest absolute Gasteiger partial charge is 0.351 e. The number of hydrogen-bond acceptors (Lipinski definition) is 5. The molecule has 0 atom stereocenters. The van der Waals surface area contributed by atoms with Gasteiger partial charge in [0.05, 0.1) is 0 Å². The fourth-order valence-corrected chi connectivity index (χ4v) is 2.82. The van der Waals surface area contributed by atoms with E-state index in [2.05, 4.69) is 25.6 Å². The number of halogens is 3. The number of nitrogens with one attached hydrogen (secondary N) is 2. The smallest absolute Gasteiger partial charge is 0.233 e. The molecule has 23 heavy (non-hydrogen) atoms. The summed E-state index contributed by atoms with van der Waals surface area (Å²) in [6.07, 6.45) is 5.70. The van der Waals surface area contributed by atoms with Crippen molar-refractivity contribution in [3.8, 4) is 0 Å². The predicted octanol–water partition coefficient (Wildman–Crippen LogP) is 4.29. The van der Waals surface area contributed by atoms with E-state index in [0.717, 1.165) is 31.0 Å². The average Bonchev–Trinajstić information content (AvgIpc) is 2.46. The molecule has 1 aliphatic rings. The van der Waals surface area contributed by atoms with Crippen LogP contribution in [0.4, 0.5) is 26.4 Å². The Balaban J connectivity index is 1.76. The second-order valence-corrected chi connectivity index (χ2v) is 5.85. The van der Waals surface area contributed by atoms with E-state index in [1.807, 2.05) is 0 Å². The Bertz CT molecular complexity index is 671.